The predicted molar refractivity (Wildman–Crippen MR) is 53.8 cm³/mol. The first kappa shape index (κ1) is 9.78. The van der Waals surface area contributed by atoms with E-state index in [-0.39, 0.29) is 15.7 Å². The lowest BCUT2D eigenvalue weighted by molar-refractivity contribution is -0.385. The third-order valence-electron chi connectivity index (χ3n) is 2.00. The van der Waals surface area contributed by atoms with Crippen molar-refractivity contribution in [2.45, 2.75) is 0 Å². The molecule has 1 aromatic rings. The van der Waals surface area contributed by atoms with Gasteiger partial charge >= 0.3 is 0 Å². The summed E-state index contributed by atoms with van der Waals surface area (Å²) in [6, 6.07) is 2.56. The summed E-state index contributed by atoms with van der Waals surface area (Å²) in [6.07, 6.45) is 0. The summed E-state index contributed by atoms with van der Waals surface area (Å²) in [4.78, 5) is 32.3. The second-order valence-electron chi connectivity index (χ2n) is 2.86. The molecular weight excluding hydrogens is 268 g/mol. The zero-order chi connectivity index (χ0) is 11.2. The van der Waals surface area contributed by atoms with Crippen LogP contribution in [0.1, 0.15) is 10.4 Å². The van der Waals surface area contributed by atoms with E-state index >= 15 is 0 Å². The van der Waals surface area contributed by atoms with Crippen molar-refractivity contribution in [1.29, 1.82) is 0 Å². The Morgan fingerprint density at radius 2 is 2.00 bits per heavy atom. The minimum atomic E-state index is -0.772. The van der Waals surface area contributed by atoms with Crippen LogP contribution in [0.2, 0.25) is 0 Å². The number of nitro groups is 1. The van der Waals surface area contributed by atoms with E-state index < -0.39 is 16.6 Å². The number of carbonyl (C=O) groups is 2. The molecule has 2 rings (SSSR count). The number of Topliss-reactive ketones (excluding diaryl/α,β-unsaturated/α-hetero) is 1. The van der Waals surface area contributed by atoms with Gasteiger partial charge in [0.15, 0.2) is 0 Å². The number of benzene rings is 1. The van der Waals surface area contributed by atoms with Crippen LogP contribution in [0.15, 0.2) is 16.6 Å². The summed E-state index contributed by atoms with van der Waals surface area (Å²) in [5.74, 6) is -1.54. The van der Waals surface area contributed by atoms with Gasteiger partial charge in [-0.05, 0) is 22.0 Å². The monoisotopic (exact) mass is 270 g/mol. The molecule has 0 fully saturated rings. The molecule has 0 saturated heterocycles. The van der Waals surface area contributed by atoms with E-state index in [1.807, 2.05) is 0 Å². The molecule has 0 bridgehead atoms. The Balaban J connectivity index is 2.70. The zero-order valence-electron chi connectivity index (χ0n) is 7.11. The highest BCUT2D eigenvalue weighted by atomic mass is 79.9. The minimum Gasteiger partial charge on any atom is -0.318 e. The molecule has 1 N–H and O–H groups in total. The summed E-state index contributed by atoms with van der Waals surface area (Å²) in [7, 11) is 0. The third-order valence-corrected chi connectivity index (χ3v) is 2.80. The van der Waals surface area contributed by atoms with E-state index in [0.717, 1.165) is 0 Å². The Labute approximate surface area is 91.5 Å². The number of anilines is 1. The molecule has 6 nitrogen and oxygen atoms in total. The van der Waals surface area contributed by atoms with Crippen LogP contribution >= 0.6 is 15.9 Å². The second-order valence-corrected chi connectivity index (χ2v) is 3.65. The highest BCUT2D eigenvalue weighted by Gasteiger charge is 2.33. The highest BCUT2D eigenvalue weighted by Crippen LogP contribution is 2.36. The van der Waals surface area contributed by atoms with E-state index in [4.69, 9.17) is 0 Å². The summed E-state index contributed by atoms with van der Waals surface area (Å²) >= 11 is 2.95. The van der Waals surface area contributed by atoms with Crippen molar-refractivity contribution in [3.05, 3.63) is 32.3 Å². The van der Waals surface area contributed by atoms with Crippen LogP contribution < -0.4 is 5.32 Å². The standard InChI is InChI=1S/C8H3BrN2O4/c9-6-4(11(14)15)2-1-3-5(6)7(12)8(13)10-3/h1-2H,(H,10,12,13). The quantitative estimate of drug-likeness (QED) is 0.476. The van der Waals surface area contributed by atoms with Gasteiger partial charge in [-0.1, -0.05) is 0 Å². The summed E-state index contributed by atoms with van der Waals surface area (Å²) in [5, 5.41) is 12.9. The van der Waals surface area contributed by atoms with Gasteiger partial charge in [-0.25, -0.2) is 0 Å². The number of amides is 1. The van der Waals surface area contributed by atoms with Crippen molar-refractivity contribution >= 4 is 39.0 Å². The molecule has 0 aromatic heterocycles. The summed E-state index contributed by atoms with van der Waals surface area (Å²) in [6.45, 7) is 0. The smallest absolute Gasteiger partial charge is 0.296 e. The molecular formula is C8H3BrN2O4. The lowest BCUT2D eigenvalue weighted by Gasteiger charge is -1.99. The van der Waals surface area contributed by atoms with E-state index in [2.05, 4.69) is 21.2 Å². The molecule has 15 heavy (non-hydrogen) atoms. The Morgan fingerprint density at radius 3 is 2.60 bits per heavy atom. The summed E-state index contributed by atoms with van der Waals surface area (Å²) < 4.78 is 0.0355. The van der Waals surface area contributed by atoms with Gasteiger partial charge < -0.3 is 5.32 Å². The number of halogens is 1. The van der Waals surface area contributed by atoms with Gasteiger partial charge in [-0.3, -0.25) is 19.7 Å². The van der Waals surface area contributed by atoms with Crippen LogP contribution in [-0.2, 0) is 4.79 Å². The maximum absolute atomic E-state index is 11.3. The first-order chi connectivity index (χ1) is 7.02. The molecule has 0 saturated carbocycles. The molecule has 0 atom stereocenters. The Morgan fingerprint density at radius 1 is 1.33 bits per heavy atom. The highest BCUT2D eigenvalue weighted by molar-refractivity contribution is 9.10. The van der Waals surface area contributed by atoms with Gasteiger partial charge in [-0.15, -0.1) is 0 Å². The largest absolute Gasteiger partial charge is 0.318 e. The number of ketones is 1. The average Bonchev–Trinajstić information content (AvgIpc) is 2.43. The van der Waals surface area contributed by atoms with Gasteiger partial charge in [0.25, 0.3) is 17.4 Å². The Hall–Kier alpha value is -1.76. The van der Waals surface area contributed by atoms with Gasteiger partial charge in [0.2, 0.25) is 0 Å². The molecule has 0 unspecified atom stereocenters. The number of fused-ring (bicyclic) bond motifs is 1. The maximum Gasteiger partial charge on any atom is 0.296 e. The predicted octanol–water partition coefficient (Wildman–Crippen LogP) is 1.49. The SMILES string of the molecule is O=C1Nc2ccc([N+](=O)[O-])c(Br)c2C1=O. The van der Waals surface area contributed by atoms with Crippen molar-refractivity contribution < 1.29 is 14.5 Å². The lowest BCUT2D eigenvalue weighted by Crippen LogP contribution is -2.12. The van der Waals surface area contributed by atoms with Gasteiger partial charge in [0, 0.05) is 6.07 Å². The fourth-order valence-corrected chi connectivity index (χ4v) is 2.00. The normalized spacial score (nSPS) is 13.7. The molecule has 7 heteroatoms. The van der Waals surface area contributed by atoms with Crippen LogP contribution in [0.4, 0.5) is 11.4 Å². The first-order valence-electron chi connectivity index (χ1n) is 3.85. The van der Waals surface area contributed by atoms with Crippen molar-refractivity contribution in [3.8, 4) is 0 Å². The van der Waals surface area contributed by atoms with E-state index in [0.29, 0.717) is 5.69 Å². The van der Waals surface area contributed by atoms with E-state index in [9.17, 15) is 19.7 Å². The second kappa shape index (κ2) is 3.13. The molecule has 1 aliphatic rings. The van der Waals surface area contributed by atoms with E-state index in [1.165, 1.54) is 12.1 Å². The number of carbonyl (C=O) groups excluding carboxylic acids is 2. The summed E-state index contributed by atoms with van der Waals surface area (Å²) in [5.41, 5.74) is 0.0790. The molecule has 0 radical (unpaired) electrons. The fraction of sp³-hybridized carbons (Fsp3) is 0. The Kier molecular flexibility index (Phi) is 2.04. The molecule has 1 aromatic carbocycles. The Bertz CT molecular complexity index is 512. The van der Waals surface area contributed by atoms with Gasteiger partial charge in [-0.2, -0.15) is 0 Å². The topological polar surface area (TPSA) is 89.3 Å². The van der Waals surface area contributed by atoms with Crippen LogP contribution in [0.5, 0.6) is 0 Å². The van der Waals surface area contributed by atoms with Crippen LogP contribution in [0, 0.1) is 10.1 Å². The number of nitro benzene ring substituents is 1. The first-order valence-corrected chi connectivity index (χ1v) is 4.64. The third kappa shape index (κ3) is 1.32. The molecule has 76 valence electrons. The van der Waals surface area contributed by atoms with Crippen LogP contribution in [0.3, 0.4) is 0 Å². The number of rotatable bonds is 1. The van der Waals surface area contributed by atoms with Crippen molar-refractivity contribution in [2.24, 2.45) is 0 Å². The number of hydrogen-bond donors (Lipinski definition) is 1. The van der Waals surface area contributed by atoms with E-state index in [1.54, 1.807) is 0 Å². The molecule has 1 heterocycles. The van der Waals surface area contributed by atoms with Gasteiger partial charge in [0.05, 0.1) is 16.2 Å². The average molecular weight is 271 g/mol. The lowest BCUT2D eigenvalue weighted by atomic mass is 10.1. The maximum atomic E-state index is 11.3. The van der Waals surface area contributed by atoms with Crippen molar-refractivity contribution in [3.63, 3.8) is 0 Å². The van der Waals surface area contributed by atoms with Crippen LogP contribution in [-0.4, -0.2) is 16.6 Å². The minimum absolute atomic E-state index is 0.0224. The van der Waals surface area contributed by atoms with Crippen LogP contribution in [0.25, 0.3) is 0 Å². The number of nitrogens with one attached hydrogen (secondary N) is 1. The van der Waals surface area contributed by atoms with Gasteiger partial charge in [0.1, 0.15) is 4.47 Å². The fourth-order valence-electron chi connectivity index (χ4n) is 1.32. The molecule has 0 spiro atoms. The zero-order valence-corrected chi connectivity index (χ0v) is 8.70. The molecule has 1 aliphatic heterocycles. The van der Waals surface area contributed by atoms with Crippen molar-refractivity contribution in [1.82, 2.24) is 0 Å². The number of hydrogen-bond acceptors (Lipinski definition) is 4. The van der Waals surface area contributed by atoms with Crippen molar-refractivity contribution in [2.75, 3.05) is 5.32 Å². The molecule has 0 aliphatic carbocycles. The number of nitrogens with zero attached hydrogens (tertiary/aromatic N) is 1. The molecule has 1 amide bonds.